The van der Waals surface area contributed by atoms with Crippen LogP contribution >= 0.6 is 0 Å². The van der Waals surface area contributed by atoms with Gasteiger partial charge in [0.05, 0.1) is 0 Å². The van der Waals surface area contributed by atoms with Gasteiger partial charge in [0.1, 0.15) is 0 Å². The summed E-state index contributed by atoms with van der Waals surface area (Å²) in [5, 5.41) is 3.59. The Morgan fingerprint density at radius 2 is 1.45 bits per heavy atom. The van der Waals surface area contributed by atoms with E-state index >= 15 is 0 Å². The van der Waals surface area contributed by atoms with Crippen molar-refractivity contribution in [3.8, 4) is 0 Å². The monoisotopic (exact) mass is 334 g/mol. The second-order valence-electron chi connectivity index (χ2n) is 8.20. The van der Waals surface area contributed by atoms with Crippen LogP contribution in [0.3, 0.4) is 0 Å². The first-order valence-electron chi connectivity index (χ1n) is 7.63. The van der Waals surface area contributed by atoms with Gasteiger partial charge in [0.15, 0.2) is 0 Å². The normalized spacial score (nSPS) is 13.5. The molecule has 1 radical (unpaired) electrons. The summed E-state index contributed by atoms with van der Waals surface area (Å²) in [7, 11) is 0. The van der Waals surface area contributed by atoms with Crippen LogP contribution in [0.15, 0.2) is 0 Å². The molecule has 127 valence electrons. The molecule has 20 heavy (non-hydrogen) atoms. The molecule has 0 amide bonds. The van der Waals surface area contributed by atoms with Crippen molar-refractivity contribution in [3.05, 3.63) is 0 Å². The van der Waals surface area contributed by atoms with E-state index in [1.165, 1.54) is 0 Å². The summed E-state index contributed by atoms with van der Waals surface area (Å²) in [5.74, 6) is 0. The molecule has 3 nitrogen and oxygen atoms in total. The fourth-order valence-corrected chi connectivity index (χ4v) is 2.76. The zero-order valence-corrected chi connectivity index (χ0v) is 15.8. The van der Waals surface area contributed by atoms with Crippen LogP contribution in [0.5, 0.6) is 0 Å². The van der Waals surface area contributed by atoms with Gasteiger partial charge in [0.25, 0.3) is 0 Å². The van der Waals surface area contributed by atoms with Gasteiger partial charge in [-0.2, -0.15) is 0 Å². The second kappa shape index (κ2) is 8.75. The molecule has 0 aromatic heterocycles. The summed E-state index contributed by atoms with van der Waals surface area (Å²) in [6.45, 7) is 21.1. The van der Waals surface area contributed by atoms with Gasteiger partial charge >= 0.3 is 0 Å². The Bertz CT molecular complexity index is 251. The maximum Gasteiger partial charge on any atom is 0.0159 e. The maximum absolute atomic E-state index is 5.67. The van der Waals surface area contributed by atoms with Crippen LogP contribution in [-0.4, -0.2) is 41.2 Å². The number of rotatable bonds is 7. The van der Waals surface area contributed by atoms with E-state index in [-0.39, 0.29) is 33.7 Å². The molecule has 4 heteroatoms. The van der Waals surface area contributed by atoms with Crippen molar-refractivity contribution in [3.63, 3.8) is 0 Å². The second-order valence-corrected chi connectivity index (χ2v) is 8.20. The minimum absolute atomic E-state index is 0. The van der Waals surface area contributed by atoms with Crippen LogP contribution in [0.2, 0.25) is 0 Å². The molecule has 0 aliphatic heterocycles. The molecule has 0 spiro atoms. The van der Waals surface area contributed by atoms with Crippen molar-refractivity contribution in [2.45, 2.75) is 84.8 Å². The molecule has 0 aromatic carbocycles. The van der Waals surface area contributed by atoms with Crippen LogP contribution in [-0.2, 0) is 17.1 Å². The fraction of sp³-hybridized carbons (Fsp3) is 1.00. The third-order valence-corrected chi connectivity index (χ3v) is 3.52. The summed E-state index contributed by atoms with van der Waals surface area (Å²) in [6, 6.07) is 0. The van der Waals surface area contributed by atoms with Crippen molar-refractivity contribution < 1.29 is 17.1 Å². The fourth-order valence-electron chi connectivity index (χ4n) is 2.76. The maximum atomic E-state index is 5.67. The molecule has 3 N–H and O–H groups in total. The first-order chi connectivity index (χ1) is 8.40. The smallest absolute Gasteiger partial charge is 0.0159 e. The van der Waals surface area contributed by atoms with E-state index in [4.69, 9.17) is 5.73 Å². The Kier molecular flexibility index (Phi) is 9.92. The van der Waals surface area contributed by atoms with E-state index in [2.05, 4.69) is 65.6 Å². The van der Waals surface area contributed by atoms with Crippen molar-refractivity contribution in [2.24, 2.45) is 5.73 Å². The summed E-state index contributed by atoms with van der Waals surface area (Å²) in [4.78, 5) is 2.61. The van der Waals surface area contributed by atoms with E-state index in [9.17, 15) is 0 Å². The Labute approximate surface area is 137 Å². The summed E-state index contributed by atoms with van der Waals surface area (Å²) in [5.41, 5.74) is 6.23. The molecule has 0 saturated heterocycles. The van der Waals surface area contributed by atoms with Gasteiger partial charge in [0, 0.05) is 46.8 Å². The SMILES string of the molecule is CC(C)(C)NCCN(C(C)(C)C)C(C)(C)CCCN.[Cu]. The van der Waals surface area contributed by atoms with Crippen molar-refractivity contribution >= 4 is 0 Å². The molecule has 0 atom stereocenters. The average molecular weight is 335 g/mol. The molecule has 0 unspecified atom stereocenters. The largest absolute Gasteiger partial charge is 0.330 e. The van der Waals surface area contributed by atoms with Crippen molar-refractivity contribution in [2.75, 3.05) is 19.6 Å². The Morgan fingerprint density at radius 3 is 1.80 bits per heavy atom. The summed E-state index contributed by atoms with van der Waals surface area (Å²) in [6.07, 6.45) is 2.24. The van der Waals surface area contributed by atoms with E-state index in [0.29, 0.717) is 0 Å². The predicted molar refractivity (Wildman–Crippen MR) is 86.6 cm³/mol. The van der Waals surface area contributed by atoms with Crippen LogP contribution in [0, 0.1) is 0 Å². The van der Waals surface area contributed by atoms with E-state index in [0.717, 1.165) is 32.5 Å². The van der Waals surface area contributed by atoms with Crippen molar-refractivity contribution in [1.29, 1.82) is 0 Å². The average Bonchev–Trinajstić information content (AvgIpc) is 2.18. The number of hydrogen-bond donors (Lipinski definition) is 2. The molecule has 0 fully saturated rings. The molecule has 0 rings (SSSR count). The summed E-state index contributed by atoms with van der Waals surface area (Å²) >= 11 is 0. The van der Waals surface area contributed by atoms with Gasteiger partial charge in [-0.1, -0.05) is 0 Å². The topological polar surface area (TPSA) is 41.3 Å². The third kappa shape index (κ3) is 9.36. The van der Waals surface area contributed by atoms with Crippen molar-refractivity contribution in [1.82, 2.24) is 10.2 Å². The standard InChI is InChI=1S/C16H37N3.Cu/c1-14(2,3)18-12-13-19(15(4,5)6)16(7,8)10-9-11-17;/h18H,9-13,17H2,1-8H3;. The van der Waals surface area contributed by atoms with E-state index in [1.807, 2.05) is 0 Å². The zero-order chi connectivity index (χ0) is 15.3. The molecular formula is C16H37CuN3. The van der Waals surface area contributed by atoms with Gasteiger partial charge in [0.2, 0.25) is 0 Å². The van der Waals surface area contributed by atoms with E-state index < -0.39 is 0 Å². The Hall–Kier alpha value is 0.399. The number of nitrogens with zero attached hydrogens (tertiary/aromatic N) is 1. The minimum atomic E-state index is 0. The number of hydrogen-bond acceptors (Lipinski definition) is 3. The van der Waals surface area contributed by atoms with Gasteiger partial charge in [-0.15, -0.1) is 0 Å². The first-order valence-corrected chi connectivity index (χ1v) is 7.63. The van der Waals surface area contributed by atoms with Gasteiger partial charge in [-0.3, -0.25) is 4.90 Å². The van der Waals surface area contributed by atoms with Gasteiger partial charge in [-0.05, 0) is 74.8 Å². The molecule has 0 aliphatic rings. The van der Waals surface area contributed by atoms with Crippen LogP contribution in [0.25, 0.3) is 0 Å². The minimum Gasteiger partial charge on any atom is -0.330 e. The quantitative estimate of drug-likeness (QED) is 0.703. The summed E-state index contributed by atoms with van der Waals surface area (Å²) < 4.78 is 0. The van der Waals surface area contributed by atoms with E-state index in [1.54, 1.807) is 0 Å². The molecule has 0 heterocycles. The van der Waals surface area contributed by atoms with Crippen LogP contribution in [0.4, 0.5) is 0 Å². The Balaban J connectivity index is 0. The molecule has 0 bridgehead atoms. The number of nitrogens with one attached hydrogen (secondary N) is 1. The molecule has 0 aromatic rings. The van der Waals surface area contributed by atoms with Gasteiger partial charge < -0.3 is 11.1 Å². The zero-order valence-electron chi connectivity index (χ0n) is 14.9. The third-order valence-electron chi connectivity index (χ3n) is 3.52. The predicted octanol–water partition coefficient (Wildman–Crippen LogP) is 2.99. The van der Waals surface area contributed by atoms with Gasteiger partial charge in [-0.25, -0.2) is 0 Å². The number of nitrogens with two attached hydrogens (primary N) is 1. The van der Waals surface area contributed by atoms with Crippen LogP contribution < -0.4 is 11.1 Å². The van der Waals surface area contributed by atoms with Crippen LogP contribution in [0.1, 0.15) is 68.2 Å². The molecule has 0 saturated carbocycles. The molecular weight excluding hydrogens is 298 g/mol. The first kappa shape index (κ1) is 22.7. The molecule has 0 aliphatic carbocycles. The Morgan fingerprint density at radius 1 is 0.950 bits per heavy atom.